The number of thioether (sulfide) groups is 1. The molecule has 2 heterocycles. The third-order valence-corrected chi connectivity index (χ3v) is 7.72. The van der Waals surface area contributed by atoms with E-state index in [4.69, 9.17) is 0 Å². The van der Waals surface area contributed by atoms with Crippen molar-refractivity contribution in [3.05, 3.63) is 0 Å². The van der Waals surface area contributed by atoms with E-state index >= 15 is 0 Å². The predicted octanol–water partition coefficient (Wildman–Crippen LogP) is 2.27. The first-order valence-electron chi connectivity index (χ1n) is 8.65. The molecule has 10 heteroatoms. The van der Waals surface area contributed by atoms with Crippen molar-refractivity contribution in [3.8, 4) is 0 Å². The number of carbonyl (C=O) groups is 1. The maximum absolute atomic E-state index is 12.6. The zero-order chi connectivity index (χ0) is 18.3. The lowest BCUT2D eigenvalue weighted by Crippen LogP contribution is -2.42. The van der Waals surface area contributed by atoms with Gasteiger partial charge in [0, 0.05) is 19.1 Å². The monoisotopic (exact) mass is 406 g/mol. The van der Waals surface area contributed by atoms with E-state index in [2.05, 4.69) is 22.4 Å². The van der Waals surface area contributed by atoms with Crippen molar-refractivity contribution in [2.75, 3.05) is 35.7 Å². The second kappa shape index (κ2) is 9.72. The fraction of sp³-hybridized carbons (Fsp3) is 0.800. The minimum Gasteiger partial charge on any atom is -0.360 e. The fourth-order valence-corrected chi connectivity index (χ4v) is 6.09. The summed E-state index contributed by atoms with van der Waals surface area (Å²) in [6, 6.07) is -0.182. The van der Waals surface area contributed by atoms with E-state index in [-0.39, 0.29) is 29.2 Å². The molecule has 0 bridgehead atoms. The van der Waals surface area contributed by atoms with Gasteiger partial charge in [0.25, 0.3) is 0 Å². The van der Waals surface area contributed by atoms with Crippen LogP contribution in [0.3, 0.4) is 0 Å². The smallest absolute Gasteiger partial charge is 0.233 e. The van der Waals surface area contributed by atoms with Crippen molar-refractivity contribution >= 4 is 44.0 Å². The van der Waals surface area contributed by atoms with E-state index in [1.807, 2.05) is 6.92 Å². The number of sulfone groups is 1. The van der Waals surface area contributed by atoms with Crippen LogP contribution in [0.2, 0.25) is 0 Å². The van der Waals surface area contributed by atoms with Gasteiger partial charge >= 0.3 is 0 Å². The Kier molecular flexibility index (Phi) is 7.95. The maximum atomic E-state index is 12.6. The Labute approximate surface area is 157 Å². The molecule has 0 saturated carbocycles. The van der Waals surface area contributed by atoms with Gasteiger partial charge in [-0.2, -0.15) is 0 Å². The highest BCUT2D eigenvalue weighted by Gasteiger charge is 2.34. The molecule has 1 unspecified atom stereocenters. The number of anilines is 1. The number of hydrogen-bond acceptors (Lipinski definition) is 8. The predicted molar refractivity (Wildman–Crippen MR) is 103 cm³/mol. The van der Waals surface area contributed by atoms with Crippen LogP contribution in [0.1, 0.15) is 39.5 Å². The second-order valence-corrected chi connectivity index (χ2v) is 10.5. The molecule has 2 rings (SSSR count). The fourth-order valence-electron chi connectivity index (χ4n) is 2.69. The van der Waals surface area contributed by atoms with Gasteiger partial charge in [0.2, 0.25) is 11.0 Å². The standard InChI is InChI=1S/C15H26N4O3S3/c1-3-5-7-16-14-17-18-15(24-14)23-10-13(20)19(8-4-2)12-6-9-25(21,22)11-12/h12H,3-11H2,1-2H3,(H,16,17). The van der Waals surface area contributed by atoms with Gasteiger partial charge in [0.1, 0.15) is 0 Å². The summed E-state index contributed by atoms with van der Waals surface area (Å²) in [5, 5.41) is 12.2. The molecule has 1 saturated heterocycles. The summed E-state index contributed by atoms with van der Waals surface area (Å²) in [7, 11) is -3.00. The molecule has 0 aliphatic carbocycles. The highest BCUT2D eigenvalue weighted by molar-refractivity contribution is 8.01. The van der Waals surface area contributed by atoms with E-state index < -0.39 is 9.84 Å². The van der Waals surface area contributed by atoms with Crippen LogP contribution in [-0.4, -0.2) is 65.8 Å². The number of hydrogen-bond donors (Lipinski definition) is 1. The third-order valence-electron chi connectivity index (χ3n) is 3.97. The minimum absolute atomic E-state index is 0.0235. The number of amides is 1. The molecule has 1 aliphatic heterocycles. The molecule has 1 aliphatic rings. The molecular weight excluding hydrogens is 380 g/mol. The summed E-state index contributed by atoms with van der Waals surface area (Å²) in [6.07, 6.45) is 3.56. The molecule has 1 fully saturated rings. The number of aromatic nitrogens is 2. The third kappa shape index (κ3) is 6.41. The minimum atomic E-state index is -3.00. The van der Waals surface area contributed by atoms with Crippen molar-refractivity contribution in [1.29, 1.82) is 0 Å². The average molecular weight is 407 g/mol. The van der Waals surface area contributed by atoms with Crippen molar-refractivity contribution in [2.45, 2.75) is 49.9 Å². The maximum Gasteiger partial charge on any atom is 0.233 e. The normalized spacial score (nSPS) is 19.0. The Morgan fingerprint density at radius 1 is 1.36 bits per heavy atom. The van der Waals surface area contributed by atoms with Crippen LogP contribution in [0, 0.1) is 0 Å². The molecule has 142 valence electrons. The molecule has 1 aromatic heterocycles. The largest absolute Gasteiger partial charge is 0.360 e. The first-order valence-corrected chi connectivity index (χ1v) is 12.3. The molecule has 25 heavy (non-hydrogen) atoms. The lowest BCUT2D eigenvalue weighted by molar-refractivity contribution is -0.130. The van der Waals surface area contributed by atoms with Gasteiger partial charge in [-0.3, -0.25) is 4.79 Å². The van der Waals surface area contributed by atoms with E-state index in [0.29, 0.717) is 13.0 Å². The number of nitrogens with one attached hydrogen (secondary N) is 1. The highest BCUT2D eigenvalue weighted by atomic mass is 32.2. The van der Waals surface area contributed by atoms with Gasteiger partial charge in [-0.1, -0.05) is 43.4 Å². The first-order chi connectivity index (χ1) is 11.9. The molecule has 1 aromatic rings. The summed E-state index contributed by atoms with van der Waals surface area (Å²) in [5.41, 5.74) is 0. The van der Waals surface area contributed by atoms with Crippen LogP contribution in [0.15, 0.2) is 4.34 Å². The second-order valence-electron chi connectivity index (χ2n) is 6.09. The Hall–Kier alpha value is -0.870. The topological polar surface area (TPSA) is 92.3 Å². The molecule has 1 amide bonds. The van der Waals surface area contributed by atoms with Crippen molar-refractivity contribution < 1.29 is 13.2 Å². The zero-order valence-electron chi connectivity index (χ0n) is 14.7. The van der Waals surface area contributed by atoms with Gasteiger partial charge in [0.15, 0.2) is 14.2 Å². The number of carbonyl (C=O) groups excluding carboxylic acids is 1. The van der Waals surface area contributed by atoms with E-state index in [9.17, 15) is 13.2 Å². The molecule has 0 aromatic carbocycles. The van der Waals surface area contributed by atoms with Crippen LogP contribution < -0.4 is 5.32 Å². The SMILES string of the molecule is CCCCNc1nnc(SCC(=O)N(CCC)C2CCS(=O)(=O)C2)s1. The molecular formula is C15H26N4O3S3. The van der Waals surface area contributed by atoms with Crippen LogP contribution in [0.4, 0.5) is 5.13 Å². The molecule has 0 radical (unpaired) electrons. The summed E-state index contributed by atoms with van der Waals surface area (Å²) < 4.78 is 24.1. The number of unbranched alkanes of at least 4 members (excludes halogenated alkanes) is 1. The van der Waals surface area contributed by atoms with Crippen LogP contribution in [0.5, 0.6) is 0 Å². The lowest BCUT2D eigenvalue weighted by atomic mass is 10.2. The van der Waals surface area contributed by atoms with Crippen molar-refractivity contribution in [2.24, 2.45) is 0 Å². The average Bonchev–Trinajstić information content (AvgIpc) is 3.16. The van der Waals surface area contributed by atoms with E-state index in [1.165, 1.54) is 23.1 Å². The van der Waals surface area contributed by atoms with Crippen LogP contribution >= 0.6 is 23.1 Å². The van der Waals surface area contributed by atoms with Gasteiger partial charge < -0.3 is 10.2 Å². The van der Waals surface area contributed by atoms with Crippen molar-refractivity contribution in [1.82, 2.24) is 15.1 Å². The van der Waals surface area contributed by atoms with Gasteiger partial charge in [-0.05, 0) is 19.3 Å². The summed E-state index contributed by atoms with van der Waals surface area (Å²) in [6.45, 7) is 5.59. The van der Waals surface area contributed by atoms with E-state index in [1.54, 1.807) is 4.90 Å². The quantitative estimate of drug-likeness (QED) is 0.471. The lowest BCUT2D eigenvalue weighted by Gasteiger charge is -2.27. The summed E-state index contributed by atoms with van der Waals surface area (Å²) in [4.78, 5) is 14.3. The molecule has 1 N–H and O–H groups in total. The van der Waals surface area contributed by atoms with Gasteiger partial charge in [0.05, 0.1) is 17.3 Å². The number of rotatable bonds is 10. The van der Waals surface area contributed by atoms with E-state index in [0.717, 1.165) is 35.3 Å². The zero-order valence-corrected chi connectivity index (χ0v) is 17.2. The Morgan fingerprint density at radius 2 is 2.16 bits per heavy atom. The Bertz CT molecular complexity index is 663. The van der Waals surface area contributed by atoms with Crippen LogP contribution in [0.25, 0.3) is 0 Å². The number of nitrogens with zero attached hydrogens (tertiary/aromatic N) is 3. The van der Waals surface area contributed by atoms with Gasteiger partial charge in [-0.25, -0.2) is 8.42 Å². The summed E-state index contributed by atoms with van der Waals surface area (Å²) in [5.74, 6) is 0.514. The summed E-state index contributed by atoms with van der Waals surface area (Å²) >= 11 is 2.81. The Balaban J connectivity index is 1.86. The molecule has 1 atom stereocenters. The Morgan fingerprint density at radius 3 is 2.80 bits per heavy atom. The first kappa shape index (κ1) is 20.4. The van der Waals surface area contributed by atoms with Crippen LogP contribution in [-0.2, 0) is 14.6 Å². The molecule has 0 spiro atoms. The molecule has 7 nitrogen and oxygen atoms in total. The van der Waals surface area contributed by atoms with Crippen molar-refractivity contribution in [3.63, 3.8) is 0 Å². The highest BCUT2D eigenvalue weighted by Crippen LogP contribution is 2.26. The van der Waals surface area contributed by atoms with Gasteiger partial charge in [-0.15, -0.1) is 10.2 Å².